The Balaban J connectivity index is 1.66. The highest BCUT2D eigenvalue weighted by atomic mass is 32.2. The fourth-order valence-electron chi connectivity index (χ4n) is 2.55. The van der Waals surface area contributed by atoms with Crippen LogP contribution < -0.4 is 5.32 Å². The molecular weight excluding hydrogens is 390 g/mol. The van der Waals surface area contributed by atoms with Gasteiger partial charge in [0.15, 0.2) is 5.82 Å². The Morgan fingerprint density at radius 3 is 2.66 bits per heavy atom. The fourth-order valence-corrected chi connectivity index (χ4v) is 3.21. The molecular formula is C20H21N5O3S. The molecule has 29 heavy (non-hydrogen) atoms. The van der Waals surface area contributed by atoms with Crippen molar-refractivity contribution in [2.75, 3.05) is 17.7 Å². The minimum atomic E-state index is -0.423. The molecule has 2 heterocycles. The number of esters is 1. The first-order valence-electron chi connectivity index (χ1n) is 9.01. The highest BCUT2D eigenvalue weighted by Crippen LogP contribution is 2.19. The maximum absolute atomic E-state index is 12.2. The third-order valence-corrected chi connectivity index (χ3v) is 4.96. The molecule has 0 radical (unpaired) electrons. The Labute approximate surface area is 172 Å². The van der Waals surface area contributed by atoms with E-state index in [1.54, 1.807) is 24.6 Å². The molecule has 0 bridgehead atoms. The second-order valence-electron chi connectivity index (χ2n) is 6.19. The van der Waals surface area contributed by atoms with Crippen LogP contribution in [0.2, 0.25) is 0 Å². The van der Waals surface area contributed by atoms with E-state index in [0.717, 1.165) is 11.3 Å². The number of benzene rings is 1. The maximum Gasteiger partial charge on any atom is 0.341 e. The summed E-state index contributed by atoms with van der Waals surface area (Å²) < 4.78 is 6.57. The Hall–Kier alpha value is -3.20. The van der Waals surface area contributed by atoms with E-state index < -0.39 is 5.97 Å². The number of carbonyl (C=O) groups excluding carboxylic acids is 2. The van der Waals surface area contributed by atoms with Crippen LogP contribution in [0.15, 0.2) is 47.9 Å². The number of nitrogens with zero attached hydrogens (tertiary/aromatic N) is 4. The lowest BCUT2D eigenvalue weighted by Crippen LogP contribution is -2.14. The third kappa shape index (κ3) is 5.20. The number of aryl methyl sites for hydroxylation is 1. The number of hydrogen-bond acceptors (Lipinski definition) is 7. The molecule has 150 valence electrons. The van der Waals surface area contributed by atoms with Gasteiger partial charge in [0.05, 0.1) is 24.3 Å². The lowest BCUT2D eigenvalue weighted by molar-refractivity contribution is -0.113. The number of rotatable bonds is 7. The van der Waals surface area contributed by atoms with Crippen LogP contribution in [-0.4, -0.2) is 44.0 Å². The molecule has 1 N–H and O–H groups in total. The Morgan fingerprint density at radius 2 is 1.93 bits per heavy atom. The molecule has 0 unspecified atom stereocenters. The molecule has 0 saturated heterocycles. The summed E-state index contributed by atoms with van der Waals surface area (Å²) in [5, 5.41) is 7.70. The summed E-state index contributed by atoms with van der Waals surface area (Å²) >= 11 is 1.29. The van der Waals surface area contributed by atoms with Gasteiger partial charge in [-0.25, -0.2) is 19.4 Å². The van der Waals surface area contributed by atoms with E-state index >= 15 is 0 Å². The van der Waals surface area contributed by atoms with Gasteiger partial charge in [0, 0.05) is 11.8 Å². The zero-order valence-corrected chi connectivity index (χ0v) is 17.2. The van der Waals surface area contributed by atoms with Gasteiger partial charge in [0.2, 0.25) is 5.91 Å². The molecule has 0 atom stereocenters. The van der Waals surface area contributed by atoms with Crippen molar-refractivity contribution in [1.82, 2.24) is 19.7 Å². The molecule has 9 heteroatoms. The van der Waals surface area contributed by atoms with Crippen molar-refractivity contribution in [3.63, 3.8) is 0 Å². The second-order valence-corrected chi connectivity index (χ2v) is 7.19. The van der Waals surface area contributed by atoms with Gasteiger partial charge in [-0.3, -0.25) is 4.79 Å². The first kappa shape index (κ1) is 20.5. The highest BCUT2D eigenvalue weighted by Gasteiger charge is 2.17. The van der Waals surface area contributed by atoms with Crippen molar-refractivity contribution in [2.24, 2.45) is 0 Å². The van der Waals surface area contributed by atoms with Crippen LogP contribution in [0.3, 0.4) is 0 Å². The largest absolute Gasteiger partial charge is 0.462 e. The molecule has 8 nitrogen and oxygen atoms in total. The minimum Gasteiger partial charge on any atom is -0.462 e. The van der Waals surface area contributed by atoms with Gasteiger partial charge < -0.3 is 10.1 Å². The van der Waals surface area contributed by atoms with Gasteiger partial charge in [0.1, 0.15) is 16.9 Å². The van der Waals surface area contributed by atoms with Crippen LogP contribution in [0.4, 0.5) is 5.69 Å². The molecule has 0 fully saturated rings. The number of ether oxygens (including phenoxy) is 1. The number of thioether (sulfide) groups is 1. The fraction of sp³-hybridized carbons (Fsp3) is 0.250. The van der Waals surface area contributed by atoms with Gasteiger partial charge in [-0.15, -0.1) is 0 Å². The Kier molecular flexibility index (Phi) is 6.61. The summed E-state index contributed by atoms with van der Waals surface area (Å²) in [6.07, 6.45) is 2.86. The summed E-state index contributed by atoms with van der Waals surface area (Å²) in [5.41, 5.74) is 2.89. The smallest absolute Gasteiger partial charge is 0.341 e. The Morgan fingerprint density at radius 1 is 1.17 bits per heavy atom. The molecule has 3 rings (SSSR count). The first-order valence-corrected chi connectivity index (χ1v) is 10.00. The monoisotopic (exact) mass is 411 g/mol. The predicted octanol–water partition coefficient (Wildman–Crippen LogP) is 3.19. The molecule has 1 amide bonds. The van der Waals surface area contributed by atoms with E-state index in [2.05, 4.69) is 20.4 Å². The van der Waals surface area contributed by atoms with Crippen LogP contribution in [0.1, 0.15) is 28.5 Å². The van der Waals surface area contributed by atoms with Crippen molar-refractivity contribution < 1.29 is 14.3 Å². The van der Waals surface area contributed by atoms with Crippen LogP contribution >= 0.6 is 11.8 Å². The van der Waals surface area contributed by atoms with E-state index in [4.69, 9.17) is 4.74 Å². The molecule has 0 spiro atoms. The van der Waals surface area contributed by atoms with Crippen LogP contribution in [-0.2, 0) is 9.53 Å². The van der Waals surface area contributed by atoms with Crippen molar-refractivity contribution in [3.05, 3.63) is 59.7 Å². The summed E-state index contributed by atoms with van der Waals surface area (Å²) in [6, 6.07) is 9.33. The predicted molar refractivity (Wildman–Crippen MR) is 110 cm³/mol. The average Bonchev–Trinajstić information content (AvgIpc) is 3.10. The Bertz CT molecular complexity index is 1020. The number of hydrogen-bond donors (Lipinski definition) is 1. The average molecular weight is 411 g/mol. The molecule has 2 aromatic heterocycles. The normalized spacial score (nSPS) is 10.6. The van der Waals surface area contributed by atoms with E-state index in [1.165, 1.54) is 24.3 Å². The molecule has 0 saturated carbocycles. The second kappa shape index (κ2) is 9.33. The third-order valence-electron chi connectivity index (χ3n) is 4.04. The summed E-state index contributed by atoms with van der Waals surface area (Å²) in [6.45, 7) is 5.80. The van der Waals surface area contributed by atoms with Gasteiger partial charge in [-0.05, 0) is 32.9 Å². The van der Waals surface area contributed by atoms with E-state index in [9.17, 15) is 9.59 Å². The lowest BCUT2D eigenvalue weighted by Gasteiger charge is -2.07. The number of aromatic nitrogens is 4. The quantitative estimate of drug-likeness (QED) is 0.362. The van der Waals surface area contributed by atoms with Crippen LogP contribution in [0.5, 0.6) is 0 Å². The molecule has 1 aromatic carbocycles. The summed E-state index contributed by atoms with van der Waals surface area (Å²) in [7, 11) is 0. The molecule has 0 aliphatic rings. The number of carbonyl (C=O) groups is 2. The van der Waals surface area contributed by atoms with Gasteiger partial charge in [0.25, 0.3) is 0 Å². The van der Waals surface area contributed by atoms with Crippen molar-refractivity contribution in [1.29, 1.82) is 0 Å². The van der Waals surface area contributed by atoms with Crippen LogP contribution in [0.25, 0.3) is 5.82 Å². The summed E-state index contributed by atoms with van der Waals surface area (Å²) in [4.78, 5) is 32.6. The van der Waals surface area contributed by atoms with Crippen molar-refractivity contribution in [2.45, 2.75) is 25.8 Å². The minimum absolute atomic E-state index is 0.126. The zero-order valence-electron chi connectivity index (χ0n) is 16.4. The van der Waals surface area contributed by atoms with E-state index in [1.807, 2.05) is 31.2 Å². The highest BCUT2D eigenvalue weighted by molar-refractivity contribution is 7.99. The number of nitrogens with one attached hydrogen (secondary N) is 1. The van der Waals surface area contributed by atoms with Crippen molar-refractivity contribution in [3.8, 4) is 5.82 Å². The lowest BCUT2D eigenvalue weighted by atomic mass is 10.2. The topological polar surface area (TPSA) is 99.0 Å². The van der Waals surface area contributed by atoms with Gasteiger partial charge in [-0.2, -0.15) is 5.10 Å². The summed E-state index contributed by atoms with van der Waals surface area (Å²) in [5.74, 6) is 0.164. The van der Waals surface area contributed by atoms with E-state index in [0.29, 0.717) is 28.7 Å². The molecule has 0 aliphatic carbocycles. The van der Waals surface area contributed by atoms with Gasteiger partial charge in [-0.1, -0.05) is 29.5 Å². The standard InChI is InChI=1S/C20H21N5O3S/c1-4-28-20(27)16-10-23-25(14(16)3)17-9-19(22-12-21-17)29-11-18(26)24-15-7-5-13(2)6-8-15/h5-10,12H,4,11H2,1-3H3,(H,24,26). The van der Waals surface area contributed by atoms with Gasteiger partial charge >= 0.3 is 5.97 Å². The van der Waals surface area contributed by atoms with Crippen LogP contribution in [0, 0.1) is 13.8 Å². The zero-order chi connectivity index (χ0) is 20.8. The SMILES string of the molecule is CCOC(=O)c1cnn(-c2cc(SCC(=O)Nc3ccc(C)cc3)ncn2)c1C. The molecule has 0 aliphatic heterocycles. The maximum atomic E-state index is 12.2. The molecule has 3 aromatic rings. The van der Waals surface area contributed by atoms with E-state index in [-0.39, 0.29) is 11.7 Å². The first-order chi connectivity index (χ1) is 14.0. The number of anilines is 1. The number of amides is 1. The van der Waals surface area contributed by atoms with Crippen molar-refractivity contribution >= 4 is 29.3 Å².